The first-order valence-corrected chi connectivity index (χ1v) is 8.82. The molecular weight excluding hydrogens is 356 g/mol. The van der Waals surface area contributed by atoms with Gasteiger partial charge in [0.25, 0.3) is 5.91 Å². The molecule has 3 rings (SSSR count). The minimum absolute atomic E-state index is 0.102. The molecule has 1 heterocycles. The summed E-state index contributed by atoms with van der Waals surface area (Å²) >= 11 is 0. The van der Waals surface area contributed by atoms with Gasteiger partial charge >= 0.3 is 5.97 Å². The number of nitrogens with zero attached hydrogens (tertiary/aromatic N) is 1. The first-order valence-electron chi connectivity index (χ1n) is 8.82. The third-order valence-electron chi connectivity index (χ3n) is 4.08. The van der Waals surface area contributed by atoms with Crippen LogP contribution >= 0.6 is 0 Å². The largest absolute Gasteiger partial charge is 0.461 e. The van der Waals surface area contributed by atoms with Crippen molar-refractivity contribution >= 4 is 18.0 Å². The van der Waals surface area contributed by atoms with Crippen LogP contribution in [0.25, 0.3) is 17.2 Å². The molecule has 0 saturated heterocycles. The van der Waals surface area contributed by atoms with Crippen molar-refractivity contribution in [3.63, 3.8) is 0 Å². The third-order valence-corrected chi connectivity index (χ3v) is 4.08. The van der Waals surface area contributed by atoms with E-state index >= 15 is 0 Å². The van der Waals surface area contributed by atoms with Gasteiger partial charge in [0.2, 0.25) is 0 Å². The minimum Gasteiger partial charge on any atom is -0.461 e. The highest BCUT2D eigenvalue weighted by Crippen LogP contribution is 2.25. The second kappa shape index (κ2) is 9.32. The molecule has 2 aromatic carbocycles. The Labute approximate surface area is 162 Å². The zero-order valence-electron chi connectivity index (χ0n) is 15.3. The molecule has 0 bridgehead atoms. The molecule has 0 fully saturated rings. The molecule has 6 nitrogen and oxygen atoms in total. The van der Waals surface area contributed by atoms with Crippen LogP contribution in [0.15, 0.2) is 71.9 Å². The first-order chi connectivity index (χ1) is 13.7. The maximum atomic E-state index is 12.4. The van der Waals surface area contributed by atoms with E-state index in [2.05, 4.69) is 17.1 Å². The van der Waals surface area contributed by atoms with Gasteiger partial charge in [-0.05, 0) is 29.3 Å². The quantitative estimate of drug-likeness (QED) is 0.604. The smallest absolute Gasteiger partial charge is 0.307 e. The Balaban J connectivity index is 1.50. The van der Waals surface area contributed by atoms with Crippen molar-refractivity contribution in [1.29, 1.82) is 0 Å². The summed E-state index contributed by atoms with van der Waals surface area (Å²) in [5.74, 6) is -0.0916. The van der Waals surface area contributed by atoms with E-state index in [9.17, 15) is 9.59 Å². The Kier molecular flexibility index (Phi) is 6.36. The monoisotopic (exact) mass is 376 g/mol. The maximum absolute atomic E-state index is 12.4. The SMILES string of the molecule is C=Cc1oncc1-c1cccc(C(=O)NCCC(=O)OCc2ccccc2)c1. The van der Waals surface area contributed by atoms with Crippen molar-refractivity contribution < 1.29 is 18.8 Å². The second-order valence-electron chi connectivity index (χ2n) is 6.04. The van der Waals surface area contributed by atoms with Gasteiger partial charge in [-0.25, -0.2) is 0 Å². The van der Waals surface area contributed by atoms with E-state index in [1.807, 2.05) is 36.4 Å². The van der Waals surface area contributed by atoms with Gasteiger partial charge in [-0.1, -0.05) is 54.2 Å². The third kappa shape index (κ3) is 4.94. The number of carbonyl (C=O) groups is 2. The molecule has 0 saturated carbocycles. The zero-order valence-corrected chi connectivity index (χ0v) is 15.3. The van der Waals surface area contributed by atoms with Gasteiger partial charge in [0, 0.05) is 17.7 Å². The minimum atomic E-state index is -0.363. The van der Waals surface area contributed by atoms with Gasteiger partial charge in [-0.15, -0.1) is 0 Å². The van der Waals surface area contributed by atoms with E-state index in [1.54, 1.807) is 30.5 Å². The van der Waals surface area contributed by atoms with Crippen LogP contribution in [0.1, 0.15) is 28.1 Å². The molecule has 28 heavy (non-hydrogen) atoms. The van der Waals surface area contributed by atoms with Crippen molar-refractivity contribution in [3.05, 3.63) is 84.3 Å². The molecule has 142 valence electrons. The normalized spacial score (nSPS) is 10.3. The number of amides is 1. The fourth-order valence-electron chi connectivity index (χ4n) is 2.63. The molecule has 1 N–H and O–H groups in total. The van der Waals surface area contributed by atoms with Gasteiger partial charge in [-0.3, -0.25) is 9.59 Å². The summed E-state index contributed by atoms with van der Waals surface area (Å²) in [5, 5.41) is 6.48. The molecule has 0 aliphatic rings. The molecule has 3 aromatic rings. The van der Waals surface area contributed by atoms with E-state index in [1.165, 1.54) is 0 Å². The van der Waals surface area contributed by atoms with Crippen LogP contribution in [0.2, 0.25) is 0 Å². The number of ether oxygens (including phenoxy) is 1. The molecular formula is C22H20N2O4. The molecule has 0 unspecified atom stereocenters. The van der Waals surface area contributed by atoms with Crippen LogP contribution in [0.3, 0.4) is 0 Å². The van der Waals surface area contributed by atoms with E-state index in [0.717, 1.165) is 16.7 Å². The number of esters is 1. The predicted octanol–water partition coefficient (Wildman–Crippen LogP) is 3.85. The number of carbonyl (C=O) groups excluding carboxylic acids is 2. The Hall–Kier alpha value is -3.67. The number of rotatable bonds is 8. The van der Waals surface area contributed by atoms with Crippen molar-refractivity contribution in [2.75, 3.05) is 6.54 Å². The summed E-state index contributed by atoms with van der Waals surface area (Å²) in [6, 6.07) is 16.5. The van der Waals surface area contributed by atoms with E-state index in [0.29, 0.717) is 11.3 Å². The summed E-state index contributed by atoms with van der Waals surface area (Å²) in [7, 11) is 0. The molecule has 0 aliphatic heterocycles. The van der Waals surface area contributed by atoms with E-state index in [4.69, 9.17) is 9.26 Å². The van der Waals surface area contributed by atoms with Crippen LogP contribution in [-0.2, 0) is 16.1 Å². The summed E-state index contributed by atoms with van der Waals surface area (Å²) < 4.78 is 10.3. The van der Waals surface area contributed by atoms with Crippen molar-refractivity contribution in [1.82, 2.24) is 10.5 Å². The fraction of sp³-hybridized carbons (Fsp3) is 0.136. The van der Waals surface area contributed by atoms with Gasteiger partial charge in [0.15, 0.2) is 5.76 Å². The van der Waals surface area contributed by atoms with Crippen LogP contribution in [0, 0.1) is 0 Å². The summed E-state index contributed by atoms with van der Waals surface area (Å²) in [6.07, 6.45) is 3.25. The number of hydrogen-bond acceptors (Lipinski definition) is 5. The lowest BCUT2D eigenvalue weighted by Gasteiger charge is -2.07. The molecule has 0 spiro atoms. The van der Waals surface area contributed by atoms with Crippen molar-refractivity contribution in [3.8, 4) is 11.1 Å². The fourth-order valence-corrected chi connectivity index (χ4v) is 2.63. The average molecular weight is 376 g/mol. The van der Waals surface area contributed by atoms with Gasteiger partial charge in [-0.2, -0.15) is 0 Å². The van der Waals surface area contributed by atoms with Crippen LogP contribution < -0.4 is 5.32 Å². The van der Waals surface area contributed by atoms with Crippen LogP contribution in [-0.4, -0.2) is 23.6 Å². The lowest BCUT2D eigenvalue weighted by molar-refractivity contribution is -0.144. The second-order valence-corrected chi connectivity index (χ2v) is 6.04. The van der Waals surface area contributed by atoms with Gasteiger partial charge < -0.3 is 14.6 Å². The topological polar surface area (TPSA) is 81.4 Å². The Morgan fingerprint density at radius 1 is 1.14 bits per heavy atom. The lowest BCUT2D eigenvalue weighted by Crippen LogP contribution is -2.26. The molecule has 6 heteroatoms. The summed E-state index contributed by atoms with van der Waals surface area (Å²) in [6.45, 7) is 4.10. The highest BCUT2D eigenvalue weighted by atomic mass is 16.5. The van der Waals surface area contributed by atoms with Crippen molar-refractivity contribution in [2.45, 2.75) is 13.0 Å². The highest BCUT2D eigenvalue weighted by Gasteiger charge is 2.12. The zero-order chi connectivity index (χ0) is 19.8. The van der Waals surface area contributed by atoms with Crippen molar-refractivity contribution in [2.24, 2.45) is 0 Å². The van der Waals surface area contributed by atoms with Gasteiger partial charge in [0.05, 0.1) is 12.6 Å². The molecule has 0 atom stereocenters. The summed E-state index contributed by atoms with van der Waals surface area (Å²) in [4.78, 5) is 24.2. The van der Waals surface area contributed by atoms with Crippen LogP contribution in [0.5, 0.6) is 0 Å². The average Bonchev–Trinajstić information content (AvgIpc) is 3.22. The maximum Gasteiger partial charge on any atom is 0.307 e. The van der Waals surface area contributed by atoms with E-state index < -0.39 is 0 Å². The predicted molar refractivity (Wildman–Crippen MR) is 105 cm³/mol. The van der Waals surface area contributed by atoms with E-state index in [-0.39, 0.29) is 31.4 Å². The lowest BCUT2D eigenvalue weighted by atomic mass is 10.0. The van der Waals surface area contributed by atoms with Gasteiger partial charge in [0.1, 0.15) is 6.61 Å². The Bertz CT molecular complexity index is 963. The first kappa shape index (κ1) is 19.1. The Morgan fingerprint density at radius 2 is 1.96 bits per heavy atom. The highest BCUT2D eigenvalue weighted by molar-refractivity contribution is 5.95. The number of nitrogens with one attached hydrogen (secondary N) is 1. The number of benzene rings is 2. The Morgan fingerprint density at radius 3 is 2.75 bits per heavy atom. The number of aromatic nitrogens is 1. The standard InChI is InChI=1S/C22H20N2O4/c1-2-20-19(14-24-28-20)17-9-6-10-18(13-17)22(26)23-12-11-21(25)27-15-16-7-4-3-5-8-16/h2-10,13-14H,1,11-12,15H2,(H,23,26). The molecule has 1 aromatic heterocycles. The molecule has 0 aliphatic carbocycles. The summed E-state index contributed by atoms with van der Waals surface area (Å²) in [5.41, 5.74) is 2.95. The number of hydrogen-bond donors (Lipinski definition) is 1. The van der Waals surface area contributed by atoms with Crippen LogP contribution in [0.4, 0.5) is 0 Å². The molecule has 1 amide bonds. The molecule has 0 radical (unpaired) electrons.